The Morgan fingerprint density at radius 2 is 2.19 bits per heavy atom. The number of hydrogen-bond donors (Lipinski definition) is 2. The van der Waals surface area contributed by atoms with Gasteiger partial charge >= 0.3 is 0 Å². The van der Waals surface area contributed by atoms with Gasteiger partial charge in [0.25, 0.3) is 5.91 Å². The van der Waals surface area contributed by atoms with Crippen molar-refractivity contribution in [3.05, 3.63) is 29.2 Å². The summed E-state index contributed by atoms with van der Waals surface area (Å²) >= 11 is 0. The normalized spacial score (nSPS) is 14.1. The maximum Gasteiger partial charge on any atom is 0.254 e. The fourth-order valence-corrected chi connectivity index (χ4v) is 2.38. The first kappa shape index (κ1) is 15.4. The second-order valence-electron chi connectivity index (χ2n) is 5.74. The zero-order valence-electron chi connectivity index (χ0n) is 13.0. The highest BCUT2D eigenvalue weighted by molar-refractivity contribution is 5.95. The topological polar surface area (TPSA) is 79.5 Å². The Labute approximate surface area is 124 Å². The van der Waals surface area contributed by atoms with Crippen molar-refractivity contribution in [1.29, 1.82) is 0 Å². The van der Waals surface area contributed by atoms with Crippen LogP contribution in [0.15, 0.2) is 12.3 Å². The van der Waals surface area contributed by atoms with E-state index in [1.807, 2.05) is 26.8 Å². The molecule has 21 heavy (non-hydrogen) atoms. The van der Waals surface area contributed by atoms with E-state index >= 15 is 0 Å². The minimum Gasteiger partial charge on any atom is -0.388 e. The molecule has 0 fully saturated rings. The summed E-state index contributed by atoms with van der Waals surface area (Å²) in [4.78, 5) is 16.5. The minimum absolute atomic E-state index is 0.218. The fraction of sp³-hybridized carbons (Fsp3) is 0.533. The summed E-state index contributed by atoms with van der Waals surface area (Å²) in [6, 6.07) is 1.86. The highest BCUT2D eigenvalue weighted by Crippen LogP contribution is 2.13. The highest BCUT2D eigenvalue weighted by Gasteiger charge is 2.21. The molecule has 0 spiro atoms. The maximum absolute atomic E-state index is 12.3. The van der Waals surface area contributed by atoms with Crippen LogP contribution in [0, 0.1) is 13.8 Å². The van der Waals surface area contributed by atoms with Crippen molar-refractivity contribution in [3.8, 4) is 0 Å². The Morgan fingerprint density at radius 1 is 1.48 bits per heavy atom. The van der Waals surface area contributed by atoms with E-state index in [1.165, 1.54) is 0 Å². The van der Waals surface area contributed by atoms with Crippen molar-refractivity contribution in [1.82, 2.24) is 19.9 Å². The molecular weight excluding hydrogens is 268 g/mol. The summed E-state index contributed by atoms with van der Waals surface area (Å²) in [5, 5.41) is 17.2. The van der Waals surface area contributed by atoms with Crippen LogP contribution in [-0.2, 0) is 0 Å². The van der Waals surface area contributed by atoms with E-state index in [0.29, 0.717) is 12.0 Å². The Bertz CT molecular complexity index is 661. The molecule has 2 heterocycles. The van der Waals surface area contributed by atoms with Crippen LogP contribution in [0.3, 0.4) is 0 Å². The van der Waals surface area contributed by atoms with Crippen LogP contribution >= 0.6 is 0 Å². The molecule has 1 atom stereocenters. The van der Waals surface area contributed by atoms with E-state index in [1.54, 1.807) is 17.6 Å². The highest BCUT2D eigenvalue weighted by atomic mass is 16.3. The number of amides is 1. The molecule has 0 aliphatic heterocycles. The summed E-state index contributed by atoms with van der Waals surface area (Å²) in [5.41, 5.74) is 1.89. The monoisotopic (exact) mass is 290 g/mol. The molecule has 2 rings (SSSR count). The van der Waals surface area contributed by atoms with E-state index < -0.39 is 5.60 Å². The van der Waals surface area contributed by atoms with Gasteiger partial charge in [0.15, 0.2) is 5.65 Å². The van der Waals surface area contributed by atoms with Gasteiger partial charge in [0.1, 0.15) is 0 Å². The van der Waals surface area contributed by atoms with Gasteiger partial charge in [-0.1, -0.05) is 13.3 Å². The molecule has 2 aromatic heterocycles. The Morgan fingerprint density at radius 3 is 2.86 bits per heavy atom. The minimum atomic E-state index is -0.891. The molecule has 6 heteroatoms. The maximum atomic E-state index is 12.3. The van der Waals surface area contributed by atoms with Crippen LogP contribution in [0.25, 0.3) is 5.65 Å². The fourth-order valence-electron chi connectivity index (χ4n) is 2.38. The van der Waals surface area contributed by atoms with Crippen LogP contribution < -0.4 is 5.32 Å². The van der Waals surface area contributed by atoms with Gasteiger partial charge in [-0.2, -0.15) is 5.10 Å². The molecule has 0 saturated heterocycles. The Hall–Kier alpha value is -1.95. The molecule has 2 aromatic rings. The third-order valence-electron chi connectivity index (χ3n) is 3.51. The lowest BCUT2D eigenvalue weighted by atomic mass is 10.0. The van der Waals surface area contributed by atoms with Crippen LogP contribution in [0.5, 0.6) is 0 Å². The first-order chi connectivity index (χ1) is 9.84. The van der Waals surface area contributed by atoms with Crippen LogP contribution in [0.1, 0.15) is 48.4 Å². The summed E-state index contributed by atoms with van der Waals surface area (Å²) in [6.45, 7) is 7.66. The van der Waals surface area contributed by atoms with Gasteiger partial charge in [-0.25, -0.2) is 9.50 Å². The number of nitrogens with zero attached hydrogens (tertiary/aromatic N) is 3. The van der Waals surface area contributed by atoms with Gasteiger partial charge < -0.3 is 10.4 Å². The summed E-state index contributed by atoms with van der Waals surface area (Å²) in [7, 11) is 0. The van der Waals surface area contributed by atoms with Gasteiger partial charge in [-0.3, -0.25) is 4.79 Å². The summed E-state index contributed by atoms with van der Waals surface area (Å²) < 4.78 is 1.66. The molecule has 1 amide bonds. The number of fused-ring (bicyclic) bond motifs is 1. The van der Waals surface area contributed by atoms with E-state index in [0.717, 1.165) is 23.5 Å². The third kappa shape index (κ3) is 3.39. The molecule has 2 N–H and O–H groups in total. The van der Waals surface area contributed by atoms with Crippen molar-refractivity contribution in [3.63, 3.8) is 0 Å². The Balaban J connectivity index is 2.18. The number of carbonyl (C=O) groups is 1. The lowest BCUT2D eigenvalue weighted by Crippen LogP contribution is -2.40. The van der Waals surface area contributed by atoms with E-state index in [9.17, 15) is 9.90 Å². The first-order valence-electron chi connectivity index (χ1n) is 7.16. The second kappa shape index (κ2) is 5.81. The third-order valence-corrected chi connectivity index (χ3v) is 3.51. The average molecular weight is 290 g/mol. The molecule has 0 bridgehead atoms. The summed E-state index contributed by atoms with van der Waals surface area (Å²) in [5.74, 6) is -0.244. The van der Waals surface area contributed by atoms with Gasteiger partial charge in [-0.15, -0.1) is 0 Å². The predicted octanol–water partition coefficient (Wildman–Crippen LogP) is 1.63. The van der Waals surface area contributed by atoms with Crippen molar-refractivity contribution in [2.75, 3.05) is 6.54 Å². The first-order valence-corrected chi connectivity index (χ1v) is 7.16. The van der Waals surface area contributed by atoms with Crippen molar-refractivity contribution < 1.29 is 9.90 Å². The van der Waals surface area contributed by atoms with Crippen molar-refractivity contribution in [2.45, 2.75) is 46.1 Å². The standard InChI is InChI=1S/C15H22N4O2/c1-5-6-15(4,21)9-17-14(20)12-8-16-13-7-10(2)18-19(13)11(12)3/h7-8,21H,5-6,9H2,1-4H3,(H,17,20). The van der Waals surface area contributed by atoms with Crippen LogP contribution in [0.2, 0.25) is 0 Å². The number of aromatic nitrogens is 3. The molecule has 6 nitrogen and oxygen atoms in total. The average Bonchev–Trinajstić information content (AvgIpc) is 2.78. The van der Waals surface area contributed by atoms with Gasteiger partial charge in [0.05, 0.1) is 22.6 Å². The molecule has 0 aromatic carbocycles. The SMILES string of the molecule is CCCC(C)(O)CNC(=O)c1cnc2cc(C)nn2c1C. The molecule has 0 radical (unpaired) electrons. The Kier molecular flexibility index (Phi) is 4.27. The zero-order chi connectivity index (χ0) is 15.6. The lowest BCUT2D eigenvalue weighted by Gasteiger charge is -2.23. The molecule has 114 valence electrons. The summed E-state index contributed by atoms with van der Waals surface area (Å²) in [6.07, 6.45) is 3.06. The number of aryl methyl sites for hydroxylation is 2. The van der Waals surface area contributed by atoms with Gasteiger partial charge in [0.2, 0.25) is 0 Å². The molecule has 1 unspecified atom stereocenters. The molecule has 0 aliphatic rings. The number of aliphatic hydroxyl groups is 1. The smallest absolute Gasteiger partial charge is 0.254 e. The van der Waals surface area contributed by atoms with Crippen molar-refractivity contribution >= 4 is 11.6 Å². The largest absolute Gasteiger partial charge is 0.388 e. The second-order valence-corrected chi connectivity index (χ2v) is 5.74. The molecular formula is C15H22N4O2. The van der Waals surface area contributed by atoms with Crippen LogP contribution in [-0.4, -0.2) is 37.8 Å². The quantitative estimate of drug-likeness (QED) is 0.877. The molecule has 0 saturated carbocycles. The van der Waals surface area contributed by atoms with Gasteiger partial charge in [0, 0.05) is 18.8 Å². The number of hydrogen-bond acceptors (Lipinski definition) is 4. The van der Waals surface area contributed by atoms with Crippen molar-refractivity contribution in [2.24, 2.45) is 0 Å². The number of carbonyl (C=O) groups excluding carboxylic acids is 1. The lowest BCUT2D eigenvalue weighted by molar-refractivity contribution is 0.0469. The number of rotatable bonds is 5. The zero-order valence-corrected chi connectivity index (χ0v) is 13.0. The molecule has 0 aliphatic carbocycles. The number of nitrogens with one attached hydrogen (secondary N) is 1. The predicted molar refractivity (Wildman–Crippen MR) is 80.3 cm³/mol. The van der Waals surface area contributed by atoms with E-state index in [2.05, 4.69) is 15.4 Å². The van der Waals surface area contributed by atoms with Gasteiger partial charge in [-0.05, 0) is 27.2 Å². The van der Waals surface area contributed by atoms with Crippen LogP contribution in [0.4, 0.5) is 0 Å². The van der Waals surface area contributed by atoms with E-state index in [4.69, 9.17) is 0 Å². The van der Waals surface area contributed by atoms with E-state index in [-0.39, 0.29) is 12.5 Å².